The Morgan fingerprint density at radius 2 is 1.92 bits per heavy atom. The molecule has 1 N–H and O–H groups in total. The fourth-order valence-electron chi connectivity index (χ4n) is 0.696. The fourth-order valence-corrected chi connectivity index (χ4v) is 0.696. The Kier molecular flexibility index (Phi) is 5.03. The highest BCUT2D eigenvalue weighted by molar-refractivity contribution is 5.82. The summed E-state index contributed by atoms with van der Waals surface area (Å²) in [4.78, 5) is 21.6. The summed E-state index contributed by atoms with van der Waals surface area (Å²) >= 11 is 0. The molecule has 0 aromatic rings. The first-order chi connectivity index (χ1) is 5.65. The molecule has 0 unspecified atom stereocenters. The largest absolute Gasteiger partial charge is 0.469 e. The molecular weight excluding hydrogens is 162 g/mol. The van der Waals surface area contributed by atoms with Gasteiger partial charge in [0.1, 0.15) is 6.04 Å². The molecular formula is C7H13NO4. The Labute approximate surface area is 71.0 Å². The van der Waals surface area contributed by atoms with Gasteiger partial charge in [-0.1, -0.05) is 0 Å². The van der Waals surface area contributed by atoms with Crippen LogP contribution in [0.25, 0.3) is 0 Å². The second kappa shape index (κ2) is 5.54. The molecule has 0 rings (SSSR count). The highest BCUT2D eigenvalue weighted by Gasteiger charge is 2.20. The van der Waals surface area contributed by atoms with E-state index in [0.29, 0.717) is 0 Å². The number of rotatable bonds is 4. The van der Waals surface area contributed by atoms with Crippen LogP contribution in [0, 0.1) is 0 Å². The normalized spacial score (nSPS) is 11.9. The van der Waals surface area contributed by atoms with Crippen LogP contribution in [0.1, 0.15) is 6.42 Å². The Balaban J connectivity index is 3.99. The van der Waals surface area contributed by atoms with Crippen LogP contribution < -0.4 is 5.32 Å². The second-order valence-electron chi connectivity index (χ2n) is 2.14. The third-order valence-electron chi connectivity index (χ3n) is 1.43. The molecule has 0 heterocycles. The van der Waals surface area contributed by atoms with E-state index in [2.05, 4.69) is 14.8 Å². The number of carbonyl (C=O) groups excluding carboxylic acids is 2. The molecule has 0 aromatic carbocycles. The Morgan fingerprint density at radius 3 is 2.25 bits per heavy atom. The molecule has 5 heteroatoms. The second-order valence-corrected chi connectivity index (χ2v) is 2.14. The van der Waals surface area contributed by atoms with Gasteiger partial charge in [0.15, 0.2) is 0 Å². The lowest BCUT2D eigenvalue weighted by molar-refractivity contribution is -0.149. The number of esters is 2. The summed E-state index contributed by atoms with van der Waals surface area (Å²) in [6.45, 7) is 0. The summed E-state index contributed by atoms with van der Waals surface area (Å²) < 4.78 is 8.83. The van der Waals surface area contributed by atoms with Crippen LogP contribution in [0.5, 0.6) is 0 Å². The minimum Gasteiger partial charge on any atom is -0.469 e. The van der Waals surface area contributed by atoms with Crippen molar-refractivity contribution in [3.63, 3.8) is 0 Å². The number of likely N-dealkylation sites (N-methyl/N-ethyl adjacent to an activating group) is 1. The Hall–Kier alpha value is -1.10. The van der Waals surface area contributed by atoms with E-state index in [1.165, 1.54) is 14.2 Å². The summed E-state index contributed by atoms with van der Waals surface area (Å²) in [5, 5.41) is 2.64. The highest BCUT2D eigenvalue weighted by atomic mass is 16.5. The van der Waals surface area contributed by atoms with Gasteiger partial charge in [-0.15, -0.1) is 0 Å². The third kappa shape index (κ3) is 3.34. The van der Waals surface area contributed by atoms with Gasteiger partial charge < -0.3 is 14.8 Å². The fraction of sp³-hybridized carbons (Fsp3) is 0.714. The number of hydrogen-bond acceptors (Lipinski definition) is 5. The number of hydrogen-bond donors (Lipinski definition) is 1. The quantitative estimate of drug-likeness (QED) is 0.573. The van der Waals surface area contributed by atoms with Gasteiger partial charge in [0, 0.05) is 0 Å². The molecule has 0 bridgehead atoms. The van der Waals surface area contributed by atoms with Crippen molar-refractivity contribution in [2.45, 2.75) is 12.5 Å². The Morgan fingerprint density at radius 1 is 1.33 bits per heavy atom. The van der Waals surface area contributed by atoms with Crippen molar-refractivity contribution in [3.8, 4) is 0 Å². The minimum absolute atomic E-state index is 0.0142. The molecule has 1 atom stereocenters. The lowest BCUT2D eigenvalue weighted by Crippen LogP contribution is -2.37. The summed E-state index contributed by atoms with van der Waals surface area (Å²) in [6, 6.07) is -0.623. The predicted octanol–water partition coefficient (Wildman–Crippen LogP) is -0.690. The van der Waals surface area contributed by atoms with Crippen molar-refractivity contribution in [2.75, 3.05) is 21.3 Å². The lowest BCUT2D eigenvalue weighted by Gasteiger charge is -2.11. The first-order valence-electron chi connectivity index (χ1n) is 3.47. The lowest BCUT2D eigenvalue weighted by atomic mass is 10.2. The van der Waals surface area contributed by atoms with Gasteiger partial charge in [0.2, 0.25) is 0 Å². The van der Waals surface area contributed by atoms with Crippen LogP contribution in [0.4, 0.5) is 0 Å². The van der Waals surface area contributed by atoms with E-state index in [1.54, 1.807) is 7.05 Å². The van der Waals surface area contributed by atoms with Crippen LogP contribution in [-0.2, 0) is 19.1 Å². The topological polar surface area (TPSA) is 64.6 Å². The molecule has 0 spiro atoms. The van der Waals surface area contributed by atoms with Crippen molar-refractivity contribution in [1.82, 2.24) is 5.32 Å². The zero-order valence-electron chi connectivity index (χ0n) is 7.42. The zero-order valence-corrected chi connectivity index (χ0v) is 7.42. The molecule has 0 aliphatic heterocycles. The first-order valence-corrected chi connectivity index (χ1v) is 3.47. The van der Waals surface area contributed by atoms with Crippen molar-refractivity contribution in [3.05, 3.63) is 0 Å². The molecule has 0 saturated carbocycles. The number of methoxy groups -OCH3 is 2. The molecule has 0 aliphatic carbocycles. The van der Waals surface area contributed by atoms with E-state index < -0.39 is 18.0 Å². The van der Waals surface area contributed by atoms with Gasteiger partial charge in [0.05, 0.1) is 20.6 Å². The van der Waals surface area contributed by atoms with E-state index in [9.17, 15) is 9.59 Å². The average molecular weight is 175 g/mol. The summed E-state index contributed by atoms with van der Waals surface area (Å²) in [5.41, 5.74) is 0. The molecule has 0 fully saturated rings. The number of carbonyl (C=O) groups is 2. The van der Waals surface area contributed by atoms with Gasteiger partial charge in [-0.25, -0.2) is 0 Å². The summed E-state index contributed by atoms with van der Waals surface area (Å²) in [5.74, 6) is -0.914. The maximum Gasteiger partial charge on any atom is 0.323 e. The van der Waals surface area contributed by atoms with Crippen molar-refractivity contribution < 1.29 is 19.1 Å². The summed E-state index contributed by atoms with van der Waals surface area (Å²) in [6.07, 6.45) is -0.0142. The molecule has 0 amide bonds. The Bertz CT molecular complexity index is 169. The van der Waals surface area contributed by atoms with E-state index in [-0.39, 0.29) is 6.42 Å². The molecule has 0 aromatic heterocycles. The number of ether oxygens (including phenoxy) is 2. The number of nitrogens with one attached hydrogen (secondary N) is 1. The SMILES string of the molecule is CN[C@H](CC(=O)OC)C(=O)OC. The maximum absolute atomic E-state index is 10.9. The van der Waals surface area contributed by atoms with Crippen LogP contribution in [-0.4, -0.2) is 39.2 Å². The van der Waals surface area contributed by atoms with Crippen LogP contribution in [0.3, 0.4) is 0 Å². The van der Waals surface area contributed by atoms with Crippen LogP contribution in [0.2, 0.25) is 0 Å². The smallest absolute Gasteiger partial charge is 0.323 e. The zero-order chi connectivity index (χ0) is 9.56. The molecule has 0 saturated heterocycles. The van der Waals surface area contributed by atoms with Crippen molar-refractivity contribution >= 4 is 11.9 Å². The molecule has 5 nitrogen and oxygen atoms in total. The van der Waals surface area contributed by atoms with Crippen LogP contribution in [0.15, 0.2) is 0 Å². The predicted molar refractivity (Wildman–Crippen MR) is 41.5 cm³/mol. The highest BCUT2D eigenvalue weighted by Crippen LogP contribution is 1.95. The van der Waals surface area contributed by atoms with Gasteiger partial charge in [-0.2, -0.15) is 0 Å². The minimum atomic E-state index is -0.623. The van der Waals surface area contributed by atoms with Gasteiger partial charge >= 0.3 is 11.9 Å². The van der Waals surface area contributed by atoms with E-state index >= 15 is 0 Å². The van der Waals surface area contributed by atoms with Crippen LogP contribution >= 0.6 is 0 Å². The third-order valence-corrected chi connectivity index (χ3v) is 1.43. The van der Waals surface area contributed by atoms with E-state index in [0.717, 1.165) is 0 Å². The van der Waals surface area contributed by atoms with Gasteiger partial charge in [0.25, 0.3) is 0 Å². The van der Waals surface area contributed by atoms with Crippen molar-refractivity contribution in [2.24, 2.45) is 0 Å². The molecule has 0 aliphatic rings. The molecule has 12 heavy (non-hydrogen) atoms. The molecule has 0 radical (unpaired) electrons. The monoisotopic (exact) mass is 175 g/mol. The van der Waals surface area contributed by atoms with E-state index in [4.69, 9.17) is 0 Å². The maximum atomic E-state index is 10.9. The molecule has 70 valence electrons. The first kappa shape index (κ1) is 10.9. The average Bonchev–Trinajstić information content (AvgIpc) is 2.12. The van der Waals surface area contributed by atoms with Crippen molar-refractivity contribution in [1.29, 1.82) is 0 Å². The summed E-state index contributed by atoms with van der Waals surface area (Å²) in [7, 11) is 4.11. The van der Waals surface area contributed by atoms with Gasteiger partial charge in [-0.3, -0.25) is 9.59 Å². The van der Waals surface area contributed by atoms with E-state index in [1.807, 2.05) is 0 Å². The van der Waals surface area contributed by atoms with Gasteiger partial charge in [-0.05, 0) is 7.05 Å². The standard InChI is InChI=1S/C7H13NO4/c1-8-5(7(10)12-3)4-6(9)11-2/h5,8H,4H2,1-3H3/t5-/m1/s1.